The molecule has 0 saturated carbocycles. The van der Waals surface area contributed by atoms with Crippen LogP contribution in [0, 0.1) is 0 Å². The fourth-order valence-electron chi connectivity index (χ4n) is 2.50. The maximum absolute atomic E-state index is 12.3. The van der Waals surface area contributed by atoms with E-state index in [2.05, 4.69) is 10.4 Å². The zero-order valence-corrected chi connectivity index (χ0v) is 12.5. The van der Waals surface area contributed by atoms with E-state index in [4.69, 9.17) is 0 Å². The summed E-state index contributed by atoms with van der Waals surface area (Å²) >= 11 is 0. The average molecular weight is 312 g/mol. The Morgan fingerprint density at radius 3 is 3.00 bits per heavy atom. The van der Waals surface area contributed by atoms with Gasteiger partial charge in [0.05, 0.1) is 0 Å². The standard InChI is InChI=1S/C13H17N5O2.ClH/c1-10-8-14-5-7-16(10)12(19)9-18-13(20)17-6-3-2-4-11(17)15-18;/h2-4,6,10,14H,5,7-9H2,1H3;1H. The Labute approximate surface area is 128 Å². The van der Waals surface area contributed by atoms with Crippen LogP contribution in [0.15, 0.2) is 29.2 Å². The Kier molecular flexibility index (Phi) is 4.64. The van der Waals surface area contributed by atoms with Crippen molar-refractivity contribution in [2.75, 3.05) is 19.6 Å². The third-order valence-corrected chi connectivity index (χ3v) is 3.60. The molecule has 1 amide bonds. The molecule has 21 heavy (non-hydrogen) atoms. The summed E-state index contributed by atoms with van der Waals surface area (Å²) in [6, 6.07) is 5.46. The normalized spacial score (nSPS) is 18.5. The van der Waals surface area contributed by atoms with E-state index < -0.39 is 0 Å². The summed E-state index contributed by atoms with van der Waals surface area (Å²) < 4.78 is 2.67. The van der Waals surface area contributed by atoms with Gasteiger partial charge in [-0.05, 0) is 19.1 Å². The van der Waals surface area contributed by atoms with E-state index in [-0.39, 0.29) is 36.6 Å². The average Bonchev–Trinajstić information content (AvgIpc) is 2.76. The molecule has 1 saturated heterocycles. The minimum absolute atomic E-state index is 0. The van der Waals surface area contributed by atoms with Gasteiger partial charge in [-0.25, -0.2) is 9.48 Å². The van der Waals surface area contributed by atoms with E-state index in [9.17, 15) is 9.59 Å². The van der Waals surface area contributed by atoms with Gasteiger partial charge in [0.1, 0.15) is 6.54 Å². The summed E-state index contributed by atoms with van der Waals surface area (Å²) in [5.41, 5.74) is 0.274. The highest BCUT2D eigenvalue weighted by Crippen LogP contribution is 2.04. The van der Waals surface area contributed by atoms with Gasteiger partial charge in [-0.3, -0.25) is 9.20 Å². The summed E-state index contributed by atoms with van der Waals surface area (Å²) in [6.45, 7) is 4.23. The molecule has 0 aliphatic carbocycles. The lowest BCUT2D eigenvalue weighted by molar-refractivity contribution is -0.134. The van der Waals surface area contributed by atoms with Crippen molar-refractivity contribution in [3.8, 4) is 0 Å². The van der Waals surface area contributed by atoms with Crippen molar-refractivity contribution >= 4 is 24.0 Å². The number of carbonyl (C=O) groups excluding carboxylic acids is 1. The number of pyridine rings is 1. The van der Waals surface area contributed by atoms with Gasteiger partial charge in [0, 0.05) is 31.9 Å². The van der Waals surface area contributed by atoms with E-state index in [1.54, 1.807) is 23.2 Å². The number of piperazine rings is 1. The Morgan fingerprint density at radius 1 is 1.48 bits per heavy atom. The predicted octanol–water partition coefficient (Wildman–Crippen LogP) is -0.262. The Morgan fingerprint density at radius 2 is 2.29 bits per heavy atom. The zero-order valence-electron chi connectivity index (χ0n) is 11.7. The monoisotopic (exact) mass is 311 g/mol. The number of amides is 1. The second-order valence-corrected chi connectivity index (χ2v) is 5.01. The highest BCUT2D eigenvalue weighted by molar-refractivity contribution is 5.85. The molecule has 1 atom stereocenters. The van der Waals surface area contributed by atoms with Crippen LogP contribution < -0.4 is 11.0 Å². The van der Waals surface area contributed by atoms with Crippen molar-refractivity contribution in [2.45, 2.75) is 19.5 Å². The summed E-state index contributed by atoms with van der Waals surface area (Å²) in [5.74, 6) is -0.0653. The van der Waals surface area contributed by atoms with Gasteiger partial charge in [-0.15, -0.1) is 17.5 Å². The third kappa shape index (κ3) is 2.93. The first-order valence-corrected chi connectivity index (χ1v) is 6.71. The molecule has 1 N–H and O–H groups in total. The van der Waals surface area contributed by atoms with Gasteiger partial charge in [0.2, 0.25) is 5.91 Å². The van der Waals surface area contributed by atoms with Gasteiger partial charge in [-0.1, -0.05) is 6.07 Å². The summed E-state index contributed by atoms with van der Waals surface area (Å²) in [4.78, 5) is 26.2. The lowest BCUT2D eigenvalue weighted by atomic mass is 10.2. The molecule has 0 radical (unpaired) electrons. The second-order valence-electron chi connectivity index (χ2n) is 5.01. The van der Waals surface area contributed by atoms with Crippen LogP contribution >= 0.6 is 12.4 Å². The molecule has 7 nitrogen and oxygen atoms in total. The molecule has 1 aliphatic heterocycles. The minimum Gasteiger partial charge on any atom is -0.336 e. The Bertz CT molecular complexity index is 695. The van der Waals surface area contributed by atoms with Crippen molar-refractivity contribution in [3.63, 3.8) is 0 Å². The van der Waals surface area contributed by atoms with Crippen LogP contribution in [0.25, 0.3) is 5.65 Å². The lowest BCUT2D eigenvalue weighted by Gasteiger charge is -2.33. The molecule has 2 aromatic rings. The highest BCUT2D eigenvalue weighted by atomic mass is 35.5. The lowest BCUT2D eigenvalue weighted by Crippen LogP contribution is -2.53. The molecular formula is C13H18ClN5O2. The number of nitrogens with one attached hydrogen (secondary N) is 1. The largest absolute Gasteiger partial charge is 0.350 e. The maximum Gasteiger partial charge on any atom is 0.350 e. The maximum atomic E-state index is 12.3. The number of halogens is 1. The Balaban J connectivity index is 0.00000161. The van der Waals surface area contributed by atoms with Crippen LogP contribution in [0.1, 0.15) is 6.92 Å². The van der Waals surface area contributed by atoms with Crippen molar-refractivity contribution in [2.24, 2.45) is 0 Å². The molecule has 3 rings (SSSR count). The number of nitrogens with zero attached hydrogens (tertiary/aromatic N) is 4. The van der Waals surface area contributed by atoms with Gasteiger partial charge in [0.15, 0.2) is 5.65 Å². The summed E-state index contributed by atoms with van der Waals surface area (Å²) in [6.07, 6.45) is 1.65. The predicted molar refractivity (Wildman–Crippen MR) is 80.7 cm³/mol. The highest BCUT2D eigenvalue weighted by Gasteiger charge is 2.24. The van der Waals surface area contributed by atoms with Crippen LogP contribution in [0.4, 0.5) is 0 Å². The molecule has 8 heteroatoms. The molecule has 0 bridgehead atoms. The smallest absolute Gasteiger partial charge is 0.336 e. The quantitative estimate of drug-likeness (QED) is 0.829. The van der Waals surface area contributed by atoms with Crippen molar-refractivity contribution in [1.29, 1.82) is 0 Å². The van der Waals surface area contributed by atoms with Gasteiger partial charge in [-0.2, -0.15) is 0 Å². The van der Waals surface area contributed by atoms with E-state index >= 15 is 0 Å². The number of fused-ring (bicyclic) bond motifs is 1. The van der Waals surface area contributed by atoms with Crippen LogP contribution in [-0.2, 0) is 11.3 Å². The molecule has 1 fully saturated rings. The molecule has 0 spiro atoms. The number of hydrogen-bond acceptors (Lipinski definition) is 4. The van der Waals surface area contributed by atoms with Gasteiger partial charge in [0.25, 0.3) is 0 Å². The molecule has 3 heterocycles. The van der Waals surface area contributed by atoms with Gasteiger partial charge >= 0.3 is 5.69 Å². The first-order valence-electron chi connectivity index (χ1n) is 6.71. The molecule has 1 unspecified atom stereocenters. The van der Waals surface area contributed by atoms with Crippen molar-refractivity contribution < 1.29 is 4.79 Å². The van der Waals surface area contributed by atoms with Crippen molar-refractivity contribution in [1.82, 2.24) is 24.4 Å². The fraction of sp³-hybridized carbons (Fsp3) is 0.462. The minimum atomic E-state index is -0.281. The number of aromatic nitrogens is 3. The van der Waals surface area contributed by atoms with E-state index in [0.29, 0.717) is 12.2 Å². The molecular weight excluding hydrogens is 294 g/mol. The molecule has 114 valence electrons. The molecule has 1 aliphatic rings. The van der Waals surface area contributed by atoms with Crippen LogP contribution in [0.2, 0.25) is 0 Å². The van der Waals surface area contributed by atoms with Gasteiger partial charge < -0.3 is 10.2 Å². The first kappa shape index (κ1) is 15.5. The van der Waals surface area contributed by atoms with Crippen LogP contribution in [0.3, 0.4) is 0 Å². The molecule has 0 aromatic carbocycles. The van der Waals surface area contributed by atoms with Crippen LogP contribution in [0.5, 0.6) is 0 Å². The second kappa shape index (κ2) is 6.28. The number of carbonyl (C=O) groups is 1. The first-order chi connectivity index (χ1) is 9.66. The van der Waals surface area contributed by atoms with E-state index in [1.807, 2.05) is 13.0 Å². The number of rotatable bonds is 2. The van der Waals surface area contributed by atoms with E-state index in [0.717, 1.165) is 13.1 Å². The zero-order chi connectivity index (χ0) is 14.1. The van der Waals surface area contributed by atoms with Crippen LogP contribution in [-0.4, -0.2) is 50.7 Å². The third-order valence-electron chi connectivity index (χ3n) is 3.60. The summed E-state index contributed by atoms with van der Waals surface area (Å²) in [7, 11) is 0. The topological polar surface area (TPSA) is 71.6 Å². The Hall–Kier alpha value is -1.86. The van der Waals surface area contributed by atoms with E-state index in [1.165, 1.54) is 9.08 Å². The summed E-state index contributed by atoms with van der Waals surface area (Å²) in [5, 5.41) is 7.41. The fourth-order valence-corrected chi connectivity index (χ4v) is 2.50. The molecule has 2 aromatic heterocycles. The SMILES string of the molecule is CC1CNCCN1C(=O)Cn1nc2ccccn2c1=O.Cl. The van der Waals surface area contributed by atoms with Crippen molar-refractivity contribution in [3.05, 3.63) is 34.9 Å². The number of hydrogen-bond donors (Lipinski definition) is 1.